The van der Waals surface area contributed by atoms with E-state index in [2.05, 4.69) is 26.4 Å². The van der Waals surface area contributed by atoms with Gasteiger partial charge in [-0.3, -0.25) is 14.5 Å². The van der Waals surface area contributed by atoms with E-state index in [0.717, 1.165) is 66.4 Å². The van der Waals surface area contributed by atoms with Crippen molar-refractivity contribution in [3.63, 3.8) is 0 Å². The molecule has 0 spiro atoms. The van der Waals surface area contributed by atoms with Crippen molar-refractivity contribution in [2.45, 2.75) is 25.8 Å². The minimum atomic E-state index is -0.260. The third-order valence-electron chi connectivity index (χ3n) is 6.21. The third kappa shape index (κ3) is 4.28. The molecule has 0 unspecified atom stereocenters. The van der Waals surface area contributed by atoms with Gasteiger partial charge < -0.3 is 10.2 Å². The van der Waals surface area contributed by atoms with E-state index in [4.69, 9.17) is 0 Å². The predicted molar refractivity (Wildman–Crippen MR) is 124 cm³/mol. The number of aromatic nitrogens is 3. The van der Waals surface area contributed by atoms with E-state index in [9.17, 15) is 9.18 Å². The van der Waals surface area contributed by atoms with Crippen molar-refractivity contribution < 1.29 is 9.18 Å². The maximum Gasteiger partial charge on any atom is 0.223 e. The van der Waals surface area contributed by atoms with Crippen LogP contribution in [0, 0.1) is 11.7 Å². The van der Waals surface area contributed by atoms with Crippen molar-refractivity contribution in [1.82, 2.24) is 20.1 Å². The first kappa shape index (κ1) is 20.4. The number of halogens is 1. The molecule has 1 aliphatic rings. The van der Waals surface area contributed by atoms with Gasteiger partial charge in [0.2, 0.25) is 5.91 Å². The zero-order valence-electron chi connectivity index (χ0n) is 17.9. The SMILES string of the molecule is O=C(NCCCn1cc2ccccc2n1)C1CCN(c2ccnc3ccc(F)cc23)CC1. The van der Waals surface area contributed by atoms with E-state index in [1.807, 2.05) is 35.1 Å². The molecule has 7 heteroatoms. The number of aryl methyl sites for hydroxylation is 1. The summed E-state index contributed by atoms with van der Waals surface area (Å²) in [5.74, 6) is -0.117. The van der Waals surface area contributed by atoms with Crippen LogP contribution in [-0.2, 0) is 11.3 Å². The standard InChI is InChI=1S/C25H26FN5O/c26-20-6-7-23-21(16-20)24(8-12-27-23)30-14-9-18(10-15-30)25(32)28-11-3-13-31-17-19-4-1-2-5-22(19)29-31/h1-2,4-8,12,16-18H,3,9-11,13-15H2,(H,28,32). The summed E-state index contributed by atoms with van der Waals surface area (Å²) in [6.07, 6.45) is 6.22. The Balaban J connectivity index is 1.11. The second-order valence-electron chi connectivity index (χ2n) is 8.35. The number of amides is 1. The summed E-state index contributed by atoms with van der Waals surface area (Å²) in [4.78, 5) is 19.2. The van der Waals surface area contributed by atoms with Crippen LogP contribution in [0.25, 0.3) is 21.8 Å². The number of nitrogens with one attached hydrogen (secondary N) is 1. The number of carbonyl (C=O) groups excluding carboxylic acids is 1. The van der Waals surface area contributed by atoms with E-state index in [0.29, 0.717) is 6.54 Å². The Morgan fingerprint density at radius 3 is 2.78 bits per heavy atom. The summed E-state index contributed by atoms with van der Waals surface area (Å²) >= 11 is 0. The van der Waals surface area contributed by atoms with Crippen molar-refractivity contribution in [2.75, 3.05) is 24.5 Å². The molecule has 32 heavy (non-hydrogen) atoms. The highest BCUT2D eigenvalue weighted by atomic mass is 19.1. The number of anilines is 1. The molecule has 164 valence electrons. The van der Waals surface area contributed by atoms with Gasteiger partial charge in [0, 0.05) is 61.0 Å². The molecule has 4 aromatic rings. The Morgan fingerprint density at radius 1 is 1.09 bits per heavy atom. The van der Waals surface area contributed by atoms with E-state index in [-0.39, 0.29) is 17.6 Å². The lowest BCUT2D eigenvalue weighted by Crippen LogP contribution is -2.41. The molecule has 0 atom stereocenters. The molecule has 1 fully saturated rings. The van der Waals surface area contributed by atoms with Crippen LogP contribution in [0.2, 0.25) is 0 Å². The number of nitrogens with zero attached hydrogens (tertiary/aromatic N) is 4. The Labute approximate surface area is 186 Å². The molecule has 0 bridgehead atoms. The van der Waals surface area contributed by atoms with Crippen LogP contribution in [0.5, 0.6) is 0 Å². The molecular formula is C25H26FN5O. The van der Waals surface area contributed by atoms with Crippen molar-refractivity contribution in [1.29, 1.82) is 0 Å². The zero-order valence-corrected chi connectivity index (χ0v) is 17.9. The number of piperidine rings is 1. The lowest BCUT2D eigenvalue weighted by atomic mass is 9.95. The monoisotopic (exact) mass is 431 g/mol. The minimum absolute atomic E-state index is 0.0170. The number of carbonyl (C=O) groups is 1. The van der Waals surface area contributed by atoms with Crippen LogP contribution in [-0.4, -0.2) is 40.3 Å². The van der Waals surface area contributed by atoms with E-state index in [1.54, 1.807) is 18.3 Å². The highest BCUT2D eigenvalue weighted by Gasteiger charge is 2.25. The lowest BCUT2D eigenvalue weighted by Gasteiger charge is -2.33. The van der Waals surface area contributed by atoms with Crippen LogP contribution < -0.4 is 10.2 Å². The first-order valence-electron chi connectivity index (χ1n) is 11.2. The number of pyridine rings is 1. The second kappa shape index (κ2) is 8.94. The van der Waals surface area contributed by atoms with Gasteiger partial charge in [0.1, 0.15) is 5.82 Å². The molecule has 2 aromatic carbocycles. The molecular weight excluding hydrogens is 405 g/mol. The van der Waals surface area contributed by atoms with Gasteiger partial charge in [-0.25, -0.2) is 4.39 Å². The molecule has 3 heterocycles. The van der Waals surface area contributed by atoms with Crippen LogP contribution in [0.3, 0.4) is 0 Å². The van der Waals surface area contributed by atoms with E-state index < -0.39 is 0 Å². The summed E-state index contributed by atoms with van der Waals surface area (Å²) < 4.78 is 15.7. The molecule has 1 saturated heterocycles. The van der Waals surface area contributed by atoms with Gasteiger partial charge in [-0.15, -0.1) is 0 Å². The quantitative estimate of drug-likeness (QED) is 0.466. The number of benzene rings is 2. The Kier molecular flexibility index (Phi) is 5.71. The van der Waals surface area contributed by atoms with E-state index >= 15 is 0 Å². The van der Waals surface area contributed by atoms with Gasteiger partial charge in [-0.05, 0) is 49.6 Å². The van der Waals surface area contributed by atoms with Crippen LogP contribution in [0.4, 0.5) is 10.1 Å². The zero-order chi connectivity index (χ0) is 21.9. The van der Waals surface area contributed by atoms with E-state index in [1.165, 1.54) is 6.07 Å². The smallest absolute Gasteiger partial charge is 0.223 e. The minimum Gasteiger partial charge on any atom is -0.371 e. The molecule has 1 N–H and O–H groups in total. The lowest BCUT2D eigenvalue weighted by molar-refractivity contribution is -0.125. The average Bonchev–Trinajstić information content (AvgIpc) is 3.24. The van der Waals surface area contributed by atoms with Crippen LogP contribution in [0.1, 0.15) is 19.3 Å². The molecule has 0 saturated carbocycles. The highest BCUT2D eigenvalue weighted by molar-refractivity contribution is 5.91. The molecule has 1 aliphatic heterocycles. The van der Waals surface area contributed by atoms with Crippen molar-refractivity contribution in [3.8, 4) is 0 Å². The fraction of sp³-hybridized carbons (Fsp3) is 0.320. The maximum absolute atomic E-state index is 13.8. The third-order valence-corrected chi connectivity index (χ3v) is 6.21. The Bertz CT molecular complexity index is 1210. The highest BCUT2D eigenvalue weighted by Crippen LogP contribution is 2.29. The Morgan fingerprint density at radius 2 is 1.94 bits per heavy atom. The normalized spacial score (nSPS) is 14.8. The predicted octanol–water partition coefficient (Wildman–Crippen LogP) is 4.15. The van der Waals surface area contributed by atoms with Gasteiger partial charge in [0.15, 0.2) is 0 Å². The second-order valence-corrected chi connectivity index (χ2v) is 8.35. The van der Waals surface area contributed by atoms with Gasteiger partial charge in [0.05, 0.1) is 11.0 Å². The number of hydrogen-bond donors (Lipinski definition) is 1. The van der Waals surface area contributed by atoms with Gasteiger partial charge in [-0.1, -0.05) is 18.2 Å². The van der Waals surface area contributed by atoms with Gasteiger partial charge >= 0.3 is 0 Å². The van der Waals surface area contributed by atoms with Crippen LogP contribution in [0.15, 0.2) is 60.9 Å². The first-order valence-corrected chi connectivity index (χ1v) is 11.2. The molecule has 5 rings (SSSR count). The van der Waals surface area contributed by atoms with Crippen molar-refractivity contribution in [2.24, 2.45) is 5.92 Å². The van der Waals surface area contributed by atoms with Gasteiger partial charge in [0.25, 0.3) is 0 Å². The van der Waals surface area contributed by atoms with Crippen molar-refractivity contribution in [3.05, 3.63) is 66.7 Å². The molecule has 0 radical (unpaired) electrons. The molecule has 2 aromatic heterocycles. The molecule has 1 amide bonds. The summed E-state index contributed by atoms with van der Waals surface area (Å²) in [6.45, 7) is 2.96. The summed E-state index contributed by atoms with van der Waals surface area (Å²) in [5.41, 5.74) is 2.77. The summed E-state index contributed by atoms with van der Waals surface area (Å²) in [6, 6.07) is 14.7. The summed E-state index contributed by atoms with van der Waals surface area (Å²) in [5, 5.41) is 9.60. The fourth-order valence-corrected chi connectivity index (χ4v) is 4.49. The number of hydrogen-bond acceptors (Lipinski definition) is 4. The largest absolute Gasteiger partial charge is 0.371 e. The molecule has 6 nitrogen and oxygen atoms in total. The van der Waals surface area contributed by atoms with Crippen molar-refractivity contribution >= 4 is 33.4 Å². The van der Waals surface area contributed by atoms with Crippen LogP contribution >= 0.6 is 0 Å². The average molecular weight is 432 g/mol. The fourth-order valence-electron chi connectivity index (χ4n) is 4.49. The maximum atomic E-state index is 13.8. The Hall–Kier alpha value is -3.48. The van der Waals surface area contributed by atoms with Gasteiger partial charge in [-0.2, -0.15) is 5.10 Å². The number of fused-ring (bicyclic) bond motifs is 2. The summed E-state index contributed by atoms with van der Waals surface area (Å²) in [7, 11) is 0. The number of rotatable bonds is 6. The molecule has 0 aliphatic carbocycles. The first-order chi connectivity index (χ1) is 15.7. The topological polar surface area (TPSA) is 63.1 Å².